The van der Waals surface area contributed by atoms with Crippen molar-refractivity contribution < 1.29 is 9.18 Å². The van der Waals surface area contributed by atoms with Crippen LogP contribution in [0.5, 0.6) is 0 Å². The first-order chi connectivity index (χ1) is 14.1. The topological polar surface area (TPSA) is 83.0 Å². The molecule has 0 bridgehead atoms. The number of anilines is 1. The van der Waals surface area contributed by atoms with Gasteiger partial charge in [0.2, 0.25) is 0 Å². The number of nitrogens with one attached hydrogen (secondary N) is 2. The number of benzene rings is 1. The van der Waals surface area contributed by atoms with Crippen LogP contribution < -0.4 is 10.6 Å². The summed E-state index contributed by atoms with van der Waals surface area (Å²) in [6.45, 7) is 3.22. The number of likely N-dealkylation sites (tertiary alicyclic amines) is 1. The van der Waals surface area contributed by atoms with E-state index in [1.807, 2.05) is 31.2 Å². The molecule has 1 aliphatic heterocycles. The summed E-state index contributed by atoms with van der Waals surface area (Å²) in [5.74, 6) is 0.519. The summed E-state index contributed by atoms with van der Waals surface area (Å²) in [5, 5.41) is 18.1. The Bertz CT molecular complexity index is 1000. The Hall–Kier alpha value is -2.65. The number of pyridine rings is 1. The minimum absolute atomic E-state index is 0.156. The average Bonchev–Trinajstić information content (AvgIpc) is 3.18. The summed E-state index contributed by atoms with van der Waals surface area (Å²) in [6, 6.07) is 8.03. The highest BCUT2D eigenvalue weighted by atomic mass is 32.1. The number of hydrogen-bond donors (Lipinski definition) is 2. The Morgan fingerprint density at radius 3 is 2.79 bits per heavy atom. The molecule has 0 atom stereocenters. The third kappa shape index (κ3) is 4.68. The highest BCUT2D eigenvalue weighted by Crippen LogP contribution is 2.27. The lowest BCUT2D eigenvalue weighted by Crippen LogP contribution is -2.46. The molecule has 1 aromatic carbocycles. The van der Waals surface area contributed by atoms with Gasteiger partial charge in [-0.15, -0.1) is 10.2 Å². The Morgan fingerprint density at radius 2 is 2.07 bits per heavy atom. The van der Waals surface area contributed by atoms with Crippen molar-refractivity contribution >= 4 is 34.0 Å². The van der Waals surface area contributed by atoms with Crippen LogP contribution in [0.2, 0.25) is 0 Å². The van der Waals surface area contributed by atoms with E-state index in [0.29, 0.717) is 25.5 Å². The van der Waals surface area contributed by atoms with Gasteiger partial charge in [0, 0.05) is 42.8 Å². The van der Waals surface area contributed by atoms with E-state index in [2.05, 4.69) is 25.8 Å². The van der Waals surface area contributed by atoms with Crippen LogP contribution in [0.3, 0.4) is 0 Å². The fourth-order valence-electron chi connectivity index (χ4n) is 3.49. The number of alkyl halides is 1. The number of aryl methyl sites for hydroxylation is 1. The van der Waals surface area contributed by atoms with Crippen LogP contribution in [0.1, 0.15) is 17.8 Å². The van der Waals surface area contributed by atoms with Crippen LogP contribution in [-0.4, -0.2) is 58.5 Å². The average molecular weight is 415 g/mol. The van der Waals surface area contributed by atoms with Gasteiger partial charge in [0.1, 0.15) is 22.5 Å². The number of aromatic nitrogens is 3. The minimum atomic E-state index is -0.366. The Labute approximate surface area is 172 Å². The summed E-state index contributed by atoms with van der Waals surface area (Å²) in [4.78, 5) is 18.7. The van der Waals surface area contributed by atoms with Gasteiger partial charge >= 0.3 is 6.03 Å². The first-order valence-corrected chi connectivity index (χ1v) is 10.5. The van der Waals surface area contributed by atoms with Crippen LogP contribution in [0.15, 0.2) is 30.5 Å². The summed E-state index contributed by atoms with van der Waals surface area (Å²) < 4.78 is 12.3. The minimum Gasteiger partial charge on any atom is -0.324 e. The molecule has 2 N–H and O–H groups in total. The standard InChI is InChI=1S/C20H23FN6OS/c1-13-25-26-19(29-13)14-2-3-15-12-23-18(11-16(15)10-14)24-20(28)27-8-4-17(5-9-27)22-7-6-21/h2-3,10-12,17,22H,4-9H2,1H3,(H,23,24,28). The molecule has 0 saturated carbocycles. The van der Waals surface area contributed by atoms with Gasteiger partial charge < -0.3 is 10.2 Å². The molecule has 3 heterocycles. The number of fused-ring (bicyclic) bond motifs is 1. The normalized spacial score (nSPS) is 15.0. The van der Waals surface area contributed by atoms with Gasteiger partial charge in [-0.3, -0.25) is 5.32 Å². The number of urea groups is 1. The van der Waals surface area contributed by atoms with Crippen LogP contribution >= 0.6 is 11.3 Å². The van der Waals surface area contributed by atoms with Crippen LogP contribution in [0.4, 0.5) is 15.0 Å². The second kappa shape index (κ2) is 8.79. The zero-order valence-corrected chi connectivity index (χ0v) is 17.0. The number of piperidine rings is 1. The molecular formula is C20H23FN6OS. The number of hydrogen-bond acceptors (Lipinski definition) is 6. The number of carbonyl (C=O) groups is 1. The highest BCUT2D eigenvalue weighted by Gasteiger charge is 2.22. The van der Waals surface area contributed by atoms with Crippen molar-refractivity contribution in [3.8, 4) is 10.6 Å². The Kier molecular flexibility index (Phi) is 5.96. The summed E-state index contributed by atoms with van der Waals surface area (Å²) in [5.41, 5.74) is 0.995. The first-order valence-electron chi connectivity index (χ1n) is 9.68. The van der Waals surface area contributed by atoms with Crippen molar-refractivity contribution in [2.75, 3.05) is 31.6 Å². The van der Waals surface area contributed by atoms with Gasteiger partial charge in [-0.25, -0.2) is 14.2 Å². The first kappa shape index (κ1) is 19.7. The molecular weight excluding hydrogens is 391 g/mol. The number of carbonyl (C=O) groups excluding carboxylic acids is 1. The largest absolute Gasteiger partial charge is 0.324 e. The summed E-state index contributed by atoms with van der Waals surface area (Å²) in [7, 11) is 0. The summed E-state index contributed by atoms with van der Waals surface area (Å²) >= 11 is 1.55. The maximum Gasteiger partial charge on any atom is 0.323 e. The lowest BCUT2D eigenvalue weighted by molar-refractivity contribution is 0.188. The molecule has 1 fully saturated rings. The number of rotatable bonds is 5. The molecule has 1 saturated heterocycles. The second-order valence-corrected chi connectivity index (χ2v) is 8.27. The molecule has 0 aliphatic carbocycles. The number of nitrogens with zero attached hydrogens (tertiary/aromatic N) is 4. The molecule has 2 aromatic heterocycles. The molecule has 2 amide bonds. The van der Waals surface area contributed by atoms with Crippen molar-refractivity contribution in [1.82, 2.24) is 25.4 Å². The van der Waals surface area contributed by atoms with Crippen LogP contribution in [-0.2, 0) is 0 Å². The molecule has 0 unspecified atom stereocenters. The van der Waals surface area contributed by atoms with Crippen LogP contribution in [0.25, 0.3) is 21.3 Å². The van der Waals surface area contributed by atoms with E-state index in [9.17, 15) is 9.18 Å². The molecule has 9 heteroatoms. The third-order valence-electron chi connectivity index (χ3n) is 5.04. The van der Waals surface area contributed by atoms with Gasteiger partial charge in [-0.05, 0) is 37.3 Å². The molecule has 0 spiro atoms. The molecule has 29 heavy (non-hydrogen) atoms. The van der Waals surface area contributed by atoms with E-state index >= 15 is 0 Å². The lowest BCUT2D eigenvalue weighted by atomic mass is 10.1. The van der Waals surface area contributed by atoms with E-state index < -0.39 is 0 Å². The van der Waals surface area contributed by atoms with E-state index in [1.54, 1.807) is 22.4 Å². The molecule has 4 rings (SSSR count). The number of halogens is 1. The number of amides is 2. The van der Waals surface area contributed by atoms with Crippen molar-refractivity contribution in [3.63, 3.8) is 0 Å². The molecule has 3 aromatic rings. The van der Waals surface area contributed by atoms with Gasteiger partial charge in [-0.1, -0.05) is 23.5 Å². The summed E-state index contributed by atoms with van der Waals surface area (Å²) in [6.07, 6.45) is 3.40. The molecule has 1 aliphatic rings. The maximum absolute atomic E-state index is 12.6. The fourth-order valence-corrected chi connectivity index (χ4v) is 4.18. The molecule has 0 radical (unpaired) electrons. The predicted molar refractivity (Wildman–Crippen MR) is 113 cm³/mol. The second-order valence-electron chi connectivity index (χ2n) is 7.09. The van der Waals surface area contributed by atoms with E-state index in [1.165, 1.54) is 0 Å². The van der Waals surface area contributed by atoms with Crippen molar-refractivity contribution in [1.29, 1.82) is 0 Å². The third-order valence-corrected chi connectivity index (χ3v) is 5.93. The van der Waals surface area contributed by atoms with E-state index in [4.69, 9.17) is 0 Å². The van der Waals surface area contributed by atoms with Gasteiger partial charge in [0.15, 0.2) is 0 Å². The van der Waals surface area contributed by atoms with Crippen molar-refractivity contribution in [2.24, 2.45) is 0 Å². The van der Waals surface area contributed by atoms with Crippen LogP contribution in [0, 0.1) is 6.92 Å². The van der Waals surface area contributed by atoms with E-state index in [-0.39, 0.29) is 18.7 Å². The lowest BCUT2D eigenvalue weighted by Gasteiger charge is -2.32. The SMILES string of the molecule is Cc1nnc(-c2ccc3cnc(NC(=O)N4CCC(NCCF)CC4)cc3c2)s1. The Balaban J connectivity index is 1.43. The maximum atomic E-state index is 12.6. The molecule has 7 nitrogen and oxygen atoms in total. The van der Waals surface area contributed by atoms with Crippen molar-refractivity contribution in [2.45, 2.75) is 25.8 Å². The predicted octanol–water partition coefficient (Wildman–Crippen LogP) is 3.62. The van der Waals surface area contributed by atoms with E-state index in [0.717, 1.165) is 39.2 Å². The smallest absolute Gasteiger partial charge is 0.323 e. The quantitative estimate of drug-likeness (QED) is 0.666. The van der Waals surface area contributed by atoms with Gasteiger partial charge in [-0.2, -0.15) is 0 Å². The van der Waals surface area contributed by atoms with Crippen molar-refractivity contribution in [3.05, 3.63) is 35.5 Å². The fraction of sp³-hybridized carbons (Fsp3) is 0.400. The highest BCUT2D eigenvalue weighted by molar-refractivity contribution is 7.14. The Morgan fingerprint density at radius 1 is 1.24 bits per heavy atom. The molecule has 152 valence electrons. The zero-order valence-electron chi connectivity index (χ0n) is 16.2. The van der Waals surface area contributed by atoms with Gasteiger partial charge in [0.25, 0.3) is 0 Å². The zero-order chi connectivity index (χ0) is 20.2. The monoisotopic (exact) mass is 414 g/mol. The van der Waals surface area contributed by atoms with Gasteiger partial charge in [0.05, 0.1) is 0 Å².